The lowest BCUT2D eigenvalue weighted by atomic mass is 9.86. The Hall–Kier alpha value is -2.51. The average molecular weight is 322 g/mol. The predicted molar refractivity (Wildman–Crippen MR) is 93.6 cm³/mol. The van der Waals surface area contributed by atoms with E-state index in [0.717, 1.165) is 30.7 Å². The van der Waals surface area contributed by atoms with E-state index in [1.165, 1.54) is 0 Å². The highest BCUT2D eigenvalue weighted by Crippen LogP contribution is 2.29. The molecule has 1 N–H and O–H groups in total. The van der Waals surface area contributed by atoms with Crippen LogP contribution in [0, 0.1) is 18.3 Å². The Labute approximate surface area is 143 Å². The molecule has 1 heterocycles. The van der Waals surface area contributed by atoms with Crippen LogP contribution in [-0.4, -0.2) is 30.6 Å². The molecule has 1 aromatic rings. The molecule has 1 amide bonds. The fourth-order valence-corrected chi connectivity index (χ4v) is 3.38. The van der Waals surface area contributed by atoms with Gasteiger partial charge in [0.2, 0.25) is 0 Å². The van der Waals surface area contributed by atoms with Crippen molar-refractivity contribution in [3.63, 3.8) is 0 Å². The van der Waals surface area contributed by atoms with Gasteiger partial charge in [-0.2, -0.15) is 0 Å². The van der Waals surface area contributed by atoms with E-state index < -0.39 is 5.92 Å². The summed E-state index contributed by atoms with van der Waals surface area (Å²) >= 11 is 0. The van der Waals surface area contributed by atoms with Crippen LogP contribution in [0.25, 0.3) is 0 Å². The van der Waals surface area contributed by atoms with Gasteiger partial charge >= 0.3 is 0 Å². The summed E-state index contributed by atoms with van der Waals surface area (Å²) in [6.07, 6.45) is 13.9. The highest BCUT2D eigenvalue weighted by molar-refractivity contribution is 5.86. The molecule has 2 aliphatic rings. The number of fused-ring (bicyclic) bond motifs is 1. The standard InChI is InChI=1S/C20H22N2O2/c1-3-18(15-8-5-4-6-9-15)20(23)21-22-13-7-10-16-14-17(24-2)11-12-19(16)22/h1,4-6,8-9,11-12,14,16,18-19H,7,10,13H2,2H3,(H,21,23). The van der Waals surface area contributed by atoms with Gasteiger partial charge in [0.25, 0.3) is 5.91 Å². The van der Waals surface area contributed by atoms with Gasteiger partial charge in [-0.15, -0.1) is 6.42 Å². The van der Waals surface area contributed by atoms with E-state index in [9.17, 15) is 4.79 Å². The quantitative estimate of drug-likeness (QED) is 0.867. The molecule has 3 rings (SSSR count). The van der Waals surface area contributed by atoms with Gasteiger partial charge in [0.1, 0.15) is 11.7 Å². The van der Waals surface area contributed by atoms with E-state index in [1.807, 2.05) is 41.4 Å². The Kier molecular flexibility index (Phi) is 5.02. The topological polar surface area (TPSA) is 41.6 Å². The zero-order valence-corrected chi connectivity index (χ0v) is 13.8. The maximum Gasteiger partial charge on any atom is 0.253 e. The van der Waals surface area contributed by atoms with Crippen LogP contribution in [-0.2, 0) is 9.53 Å². The fraction of sp³-hybridized carbons (Fsp3) is 0.350. The number of nitrogens with one attached hydrogen (secondary N) is 1. The number of ether oxygens (including phenoxy) is 1. The molecule has 124 valence electrons. The maximum atomic E-state index is 12.7. The summed E-state index contributed by atoms with van der Waals surface area (Å²) in [7, 11) is 1.68. The first-order valence-electron chi connectivity index (χ1n) is 8.25. The molecule has 0 bridgehead atoms. The number of rotatable bonds is 4. The van der Waals surface area contributed by atoms with Crippen LogP contribution >= 0.6 is 0 Å². The molecule has 3 atom stereocenters. The Morgan fingerprint density at radius 1 is 1.42 bits per heavy atom. The van der Waals surface area contributed by atoms with Crippen LogP contribution in [0.4, 0.5) is 0 Å². The summed E-state index contributed by atoms with van der Waals surface area (Å²) in [4.78, 5) is 12.7. The van der Waals surface area contributed by atoms with Gasteiger partial charge in [-0.25, -0.2) is 5.01 Å². The Morgan fingerprint density at radius 3 is 2.92 bits per heavy atom. The average Bonchev–Trinajstić information content (AvgIpc) is 2.63. The number of carbonyl (C=O) groups excluding carboxylic acids is 1. The summed E-state index contributed by atoms with van der Waals surface area (Å²) in [6, 6.07) is 9.62. The number of hydrogen-bond acceptors (Lipinski definition) is 3. The molecule has 0 saturated carbocycles. The number of methoxy groups -OCH3 is 1. The lowest BCUT2D eigenvalue weighted by Crippen LogP contribution is -2.54. The van der Waals surface area contributed by atoms with Gasteiger partial charge in [-0.3, -0.25) is 10.2 Å². The fourth-order valence-electron chi connectivity index (χ4n) is 3.38. The number of hydrazine groups is 1. The van der Waals surface area contributed by atoms with E-state index in [2.05, 4.69) is 23.5 Å². The zero-order valence-electron chi connectivity index (χ0n) is 13.8. The zero-order chi connectivity index (χ0) is 16.9. The van der Waals surface area contributed by atoms with Crippen molar-refractivity contribution in [3.8, 4) is 12.3 Å². The van der Waals surface area contributed by atoms with Crippen LogP contribution in [0.1, 0.15) is 24.3 Å². The van der Waals surface area contributed by atoms with E-state index in [-0.39, 0.29) is 11.9 Å². The largest absolute Gasteiger partial charge is 0.497 e. The lowest BCUT2D eigenvalue weighted by molar-refractivity contribution is -0.128. The monoisotopic (exact) mass is 322 g/mol. The Balaban J connectivity index is 1.71. The first kappa shape index (κ1) is 16.4. The molecule has 1 saturated heterocycles. The third-order valence-electron chi connectivity index (χ3n) is 4.62. The van der Waals surface area contributed by atoms with Crippen molar-refractivity contribution >= 4 is 5.91 Å². The minimum atomic E-state index is -0.579. The molecule has 0 spiro atoms. The van der Waals surface area contributed by atoms with Gasteiger partial charge in [-0.1, -0.05) is 42.3 Å². The summed E-state index contributed by atoms with van der Waals surface area (Å²) < 4.78 is 5.31. The van der Waals surface area contributed by atoms with Crippen molar-refractivity contribution in [2.24, 2.45) is 5.92 Å². The Morgan fingerprint density at radius 2 is 2.21 bits per heavy atom. The van der Waals surface area contributed by atoms with Gasteiger partial charge in [0.15, 0.2) is 0 Å². The molecule has 24 heavy (non-hydrogen) atoms. The minimum absolute atomic E-state index is 0.149. The number of amides is 1. The summed E-state index contributed by atoms with van der Waals surface area (Å²) in [5.41, 5.74) is 3.87. The second-order valence-electron chi connectivity index (χ2n) is 6.11. The molecule has 1 fully saturated rings. The van der Waals surface area contributed by atoms with Crippen molar-refractivity contribution in [2.75, 3.05) is 13.7 Å². The van der Waals surface area contributed by atoms with Crippen LogP contribution in [0.5, 0.6) is 0 Å². The number of benzene rings is 1. The van der Waals surface area contributed by atoms with Crippen LogP contribution in [0.2, 0.25) is 0 Å². The number of hydrogen-bond donors (Lipinski definition) is 1. The number of terminal acetylenes is 1. The second-order valence-corrected chi connectivity index (χ2v) is 6.11. The number of piperidine rings is 1. The molecule has 4 heteroatoms. The molecule has 4 nitrogen and oxygen atoms in total. The first-order valence-corrected chi connectivity index (χ1v) is 8.25. The molecule has 1 aliphatic carbocycles. The van der Waals surface area contributed by atoms with Crippen molar-refractivity contribution in [2.45, 2.75) is 24.8 Å². The normalized spacial score (nSPS) is 24.2. The van der Waals surface area contributed by atoms with E-state index in [1.54, 1.807) is 7.11 Å². The smallest absolute Gasteiger partial charge is 0.253 e. The third-order valence-corrected chi connectivity index (χ3v) is 4.62. The highest BCUT2D eigenvalue weighted by atomic mass is 16.5. The first-order chi connectivity index (χ1) is 11.7. The predicted octanol–water partition coefficient (Wildman–Crippen LogP) is 2.62. The number of allylic oxidation sites excluding steroid dienone is 1. The van der Waals surface area contributed by atoms with Gasteiger partial charge in [-0.05, 0) is 30.6 Å². The van der Waals surface area contributed by atoms with E-state index in [4.69, 9.17) is 11.2 Å². The SMILES string of the molecule is C#CC(C(=O)NN1CCCC2C=C(OC)C=CC21)c1ccccc1. The van der Waals surface area contributed by atoms with Crippen molar-refractivity contribution in [3.05, 3.63) is 59.9 Å². The van der Waals surface area contributed by atoms with Crippen LogP contribution < -0.4 is 5.43 Å². The second kappa shape index (κ2) is 7.37. The lowest BCUT2D eigenvalue weighted by Gasteiger charge is -2.40. The summed E-state index contributed by atoms with van der Waals surface area (Å²) in [5, 5.41) is 2.00. The van der Waals surface area contributed by atoms with Gasteiger partial charge in [0, 0.05) is 12.5 Å². The summed E-state index contributed by atoms with van der Waals surface area (Å²) in [6.45, 7) is 0.819. The Bertz CT molecular complexity index is 687. The minimum Gasteiger partial charge on any atom is -0.497 e. The summed E-state index contributed by atoms with van der Waals surface area (Å²) in [5.74, 6) is 3.11. The van der Waals surface area contributed by atoms with Gasteiger partial charge in [0.05, 0.1) is 13.2 Å². The van der Waals surface area contributed by atoms with Gasteiger partial charge < -0.3 is 4.74 Å². The highest BCUT2D eigenvalue weighted by Gasteiger charge is 2.32. The molecule has 1 aromatic carbocycles. The number of nitrogens with zero attached hydrogens (tertiary/aromatic N) is 1. The third kappa shape index (κ3) is 3.37. The van der Waals surface area contributed by atoms with Crippen LogP contribution in [0.3, 0.4) is 0 Å². The number of carbonyl (C=O) groups is 1. The molecular weight excluding hydrogens is 300 g/mol. The van der Waals surface area contributed by atoms with Crippen molar-refractivity contribution in [1.29, 1.82) is 0 Å². The molecule has 0 aromatic heterocycles. The molecule has 1 aliphatic heterocycles. The van der Waals surface area contributed by atoms with E-state index in [0.29, 0.717) is 5.92 Å². The van der Waals surface area contributed by atoms with Crippen LogP contribution in [0.15, 0.2) is 54.3 Å². The molecule has 3 unspecified atom stereocenters. The maximum absolute atomic E-state index is 12.7. The van der Waals surface area contributed by atoms with Crippen molar-refractivity contribution in [1.82, 2.24) is 10.4 Å². The molecule has 0 radical (unpaired) electrons. The molecular formula is C20H22N2O2. The van der Waals surface area contributed by atoms with Crippen molar-refractivity contribution < 1.29 is 9.53 Å². The van der Waals surface area contributed by atoms with E-state index >= 15 is 0 Å².